The van der Waals surface area contributed by atoms with Gasteiger partial charge in [-0.25, -0.2) is 4.79 Å². The van der Waals surface area contributed by atoms with Crippen molar-refractivity contribution >= 4 is 33.6 Å². The van der Waals surface area contributed by atoms with E-state index in [1.807, 2.05) is 40.7 Å². The molecule has 2 aliphatic rings. The predicted molar refractivity (Wildman–Crippen MR) is 119 cm³/mol. The number of aromatic nitrogens is 1. The highest BCUT2D eigenvalue weighted by atomic mass is 79.9. The van der Waals surface area contributed by atoms with Gasteiger partial charge in [0, 0.05) is 60.4 Å². The first-order valence-electron chi connectivity index (χ1n) is 10.2. The molecule has 0 unspecified atom stereocenters. The Morgan fingerprint density at radius 2 is 2.00 bits per heavy atom. The Labute approximate surface area is 183 Å². The van der Waals surface area contributed by atoms with E-state index in [1.165, 1.54) is 0 Å². The van der Waals surface area contributed by atoms with E-state index in [4.69, 9.17) is 0 Å². The first-order chi connectivity index (χ1) is 14.4. The number of nitrogens with zero attached hydrogens (tertiary/aromatic N) is 2. The molecule has 158 valence electrons. The quantitative estimate of drug-likeness (QED) is 0.716. The number of carbonyl (C=O) groups is 2. The average Bonchev–Trinajstić information content (AvgIpc) is 2.71. The van der Waals surface area contributed by atoms with Crippen LogP contribution in [0.3, 0.4) is 0 Å². The van der Waals surface area contributed by atoms with Gasteiger partial charge in [-0.05, 0) is 49.1 Å². The van der Waals surface area contributed by atoms with Crippen molar-refractivity contribution in [3.63, 3.8) is 0 Å². The number of likely N-dealkylation sites (tertiary alicyclic amines) is 1. The molecule has 1 fully saturated rings. The molecule has 8 heteroatoms. The summed E-state index contributed by atoms with van der Waals surface area (Å²) < 4.78 is 2.84. The molecule has 7 nitrogen and oxygen atoms in total. The Morgan fingerprint density at radius 3 is 2.80 bits per heavy atom. The van der Waals surface area contributed by atoms with Crippen LogP contribution in [-0.2, 0) is 11.3 Å². The van der Waals surface area contributed by atoms with E-state index in [9.17, 15) is 14.4 Å². The fraction of sp³-hybridized carbons (Fsp3) is 0.409. The van der Waals surface area contributed by atoms with Gasteiger partial charge < -0.3 is 20.1 Å². The lowest BCUT2D eigenvalue weighted by atomic mass is 9.83. The molecular formula is C22H25BrN4O3. The lowest BCUT2D eigenvalue weighted by Crippen LogP contribution is -2.52. The second-order valence-electron chi connectivity index (χ2n) is 8.10. The number of aryl methyl sites for hydroxylation is 1. The Morgan fingerprint density at radius 1 is 1.17 bits per heavy atom. The van der Waals surface area contributed by atoms with E-state index in [1.54, 1.807) is 12.1 Å². The SMILES string of the molecule is Cc1cc(NC(=O)CCNC(=O)N2C[C@@H]3C[C@@H](C2)c2cccc(=O)n2C3)ccc1Br. The van der Waals surface area contributed by atoms with Crippen molar-refractivity contribution in [1.82, 2.24) is 14.8 Å². The molecule has 30 heavy (non-hydrogen) atoms. The van der Waals surface area contributed by atoms with Crippen molar-refractivity contribution < 1.29 is 9.59 Å². The number of pyridine rings is 1. The standard InChI is InChI=1S/C22H25BrN4O3/c1-14-9-17(5-6-18(14)23)25-20(28)7-8-24-22(30)26-11-15-10-16(13-26)19-3-2-4-21(29)27(19)12-15/h2-6,9,15-16H,7-8,10-13H2,1H3,(H,24,30)(H,25,28)/t15-,16-/m0/s1. The Balaban J connectivity index is 1.28. The average molecular weight is 473 g/mol. The topological polar surface area (TPSA) is 83.4 Å². The van der Waals surface area contributed by atoms with Crippen LogP contribution in [-0.4, -0.2) is 41.0 Å². The maximum atomic E-state index is 12.6. The molecule has 2 aliphatic heterocycles. The van der Waals surface area contributed by atoms with E-state index >= 15 is 0 Å². The smallest absolute Gasteiger partial charge is 0.317 e. The number of hydrogen-bond acceptors (Lipinski definition) is 3. The fourth-order valence-electron chi connectivity index (χ4n) is 4.40. The third-order valence-electron chi connectivity index (χ3n) is 5.84. The Hall–Kier alpha value is -2.61. The number of rotatable bonds is 4. The highest BCUT2D eigenvalue weighted by molar-refractivity contribution is 9.10. The number of benzene rings is 1. The van der Waals surface area contributed by atoms with Gasteiger partial charge in [0.2, 0.25) is 5.91 Å². The van der Waals surface area contributed by atoms with Crippen LogP contribution in [0.15, 0.2) is 45.7 Å². The molecular weight excluding hydrogens is 448 g/mol. The summed E-state index contributed by atoms with van der Waals surface area (Å²) in [5.74, 6) is 0.327. The molecule has 4 rings (SSSR count). The summed E-state index contributed by atoms with van der Waals surface area (Å²) >= 11 is 3.44. The first kappa shape index (κ1) is 20.7. The van der Waals surface area contributed by atoms with Crippen molar-refractivity contribution in [2.24, 2.45) is 5.92 Å². The molecule has 3 amide bonds. The number of carbonyl (C=O) groups excluding carboxylic acids is 2. The fourth-order valence-corrected chi connectivity index (χ4v) is 4.65. The second kappa shape index (κ2) is 8.63. The third-order valence-corrected chi connectivity index (χ3v) is 6.73. The van der Waals surface area contributed by atoms with Gasteiger partial charge in [0.05, 0.1) is 0 Å². The number of piperidine rings is 1. The minimum Gasteiger partial charge on any atom is -0.337 e. The number of anilines is 1. The molecule has 1 aromatic heterocycles. The van der Waals surface area contributed by atoms with E-state index in [-0.39, 0.29) is 42.3 Å². The summed E-state index contributed by atoms with van der Waals surface area (Å²) in [6, 6.07) is 10.8. The zero-order valence-corrected chi connectivity index (χ0v) is 18.4. The summed E-state index contributed by atoms with van der Waals surface area (Å²) in [7, 11) is 0. The summed E-state index contributed by atoms with van der Waals surface area (Å²) in [5.41, 5.74) is 2.83. The predicted octanol–water partition coefficient (Wildman–Crippen LogP) is 3.08. The van der Waals surface area contributed by atoms with Crippen LogP contribution >= 0.6 is 15.9 Å². The van der Waals surface area contributed by atoms with Gasteiger partial charge in [-0.2, -0.15) is 0 Å². The maximum Gasteiger partial charge on any atom is 0.317 e. The van der Waals surface area contributed by atoms with Gasteiger partial charge >= 0.3 is 6.03 Å². The molecule has 0 saturated carbocycles. The monoisotopic (exact) mass is 472 g/mol. The highest BCUT2D eigenvalue weighted by Gasteiger charge is 2.36. The molecule has 0 radical (unpaired) electrons. The molecule has 0 spiro atoms. The lowest BCUT2D eigenvalue weighted by Gasteiger charge is -2.42. The normalized spacial score (nSPS) is 19.7. The largest absolute Gasteiger partial charge is 0.337 e. The van der Waals surface area contributed by atoms with Gasteiger partial charge in [0.25, 0.3) is 5.56 Å². The van der Waals surface area contributed by atoms with Crippen molar-refractivity contribution in [2.45, 2.75) is 32.2 Å². The van der Waals surface area contributed by atoms with Gasteiger partial charge in [0.15, 0.2) is 0 Å². The summed E-state index contributed by atoms with van der Waals surface area (Å²) in [6.07, 6.45) is 1.21. The van der Waals surface area contributed by atoms with Crippen molar-refractivity contribution in [2.75, 3.05) is 25.0 Å². The summed E-state index contributed by atoms with van der Waals surface area (Å²) in [6.45, 7) is 4.12. The van der Waals surface area contributed by atoms with Crippen LogP contribution in [0.2, 0.25) is 0 Å². The zero-order chi connectivity index (χ0) is 21.3. The molecule has 3 heterocycles. The third kappa shape index (κ3) is 4.43. The molecule has 1 saturated heterocycles. The minimum atomic E-state index is -0.149. The van der Waals surface area contributed by atoms with E-state index in [0.29, 0.717) is 19.6 Å². The van der Waals surface area contributed by atoms with Gasteiger partial charge in [-0.3, -0.25) is 9.59 Å². The Kier molecular flexibility index (Phi) is 5.94. The molecule has 2 bridgehead atoms. The maximum absolute atomic E-state index is 12.6. The van der Waals surface area contributed by atoms with Crippen LogP contribution in [0.1, 0.15) is 30.0 Å². The zero-order valence-electron chi connectivity index (χ0n) is 16.9. The number of hydrogen-bond donors (Lipinski definition) is 2. The number of urea groups is 1. The van der Waals surface area contributed by atoms with E-state index in [0.717, 1.165) is 27.8 Å². The summed E-state index contributed by atoms with van der Waals surface area (Å²) in [5, 5.41) is 5.72. The van der Waals surface area contributed by atoms with Crippen molar-refractivity contribution in [1.29, 1.82) is 0 Å². The van der Waals surface area contributed by atoms with Gasteiger partial charge in [-0.15, -0.1) is 0 Å². The Bertz CT molecular complexity index is 1040. The van der Waals surface area contributed by atoms with Crippen LogP contribution in [0.25, 0.3) is 0 Å². The molecule has 2 aromatic rings. The van der Waals surface area contributed by atoms with Gasteiger partial charge in [-0.1, -0.05) is 22.0 Å². The molecule has 1 aromatic carbocycles. The summed E-state index contributed by atoms with van der Waals surface area (Å²) in [4.78, 5) is 38.7. The molecule has 0 aliphatic carbocycles. The number of halogens is 1. The second-order valence-corrected chi connectivity index (χ2v) is 8.95. The van der Waals surface area contributed by atoms with E-state index in [2.05, 4.69) is 26.6 Å². The first-order valence-corrected chi connectivity index (χ1v) is 11.0. The van der Waals surface area contributed by atoms with E-state index < -0.39 is 0 Å². The number of nitrogens with one attached hydrogen (secondary N) is 2. The van der Waals surface area contributed by atoms with Crippen LogP contribution < -0.4 is 16.2 Å². The number of fused-ring (bicyclic) bond motifs is 4. The van der Waals surface area contributed by atoms with Crippen molar-refractivity contribution in [3.8, 4) is 0 Å². The van der Waals surface area contributed by atoms with Crippen LogP contribution in [0.5, 0.6) is 0 Å². The minimum absolute atomic E-state index is 0.0343. The van der Waals surface area contributed by atoms with Crippen LogP contribution in [0, 0.1) is 12.8 Å². The van der Waals surface area contributed by atoms with Crippen molar-refractivity contribution in [3.05, 3.63) is 62.5 Å². The number of amides is 3. The van der Waals surface area contributed by atoms with Crippen LogP contribution in [0.4, 0.5) is 10.5 Å². The van der Waals surface area contributed by atoms with Gasteiger partial charge in [0.1, 0.15) is 0 Å². The lowest BCUT2D eigenvalue weighted by molar-refractivity contribution is -0.116. The highest BCUT2D eigenvalue weighted by Crippen LogP contribution is 2.34. The molecule has 2 atom stereocenters. The molecule has 2 N–H and O–H groups in total.